The lowest BCUT2D eigenvalue weighted by Gasteiger charge is -2.26. The van der Waals surface area contributed by atoms with Gasteiger partial charge in [-0.2, -0.15) is 0 Å². The quantitative estimate of drug-likeness (QED) is 0.857. The Morgan fingerprint density at radius 3 is 2.87 bits per heavy atom. The molecule has 0 atom stereocenters. The van der Waals surface area contributed by atoms with E-state index >= 15 is 0 Å². The second kappa shape index (κ2) is 4.81. The summed E-state index contributed by atoms with van der Waals surface area (Å²) in [6.07, 6.45) is 1.01. The maximum absolute atomic E-state index is 13.0. The summed E-state index contributed by atoms with van der Waals surface area (Å²) in [7, 11) is 0. The second-order valence-electron chi connectivity index (χ2n) is 3.74. The fourth-order valence-corrected chi connectivity index (χ4v) is 1.58. The van der Waals surface area contributed by atoms with E-state index in [4.69, 9.17) is 16.3 Å². The summed E-state index contributed by atoms with van der Waals surface area (Å²) in [6, 6.07) is 4.52. The van der Waals surface area contributed by atoms with Crippen molar-refractivity contribution in [3.05, 3.63) is 29.0 Å². The third-order valence-electron chi connectivity index (χ3n) is 2.55. The first-order valence-corrected chi connectivity index (χ1v) is 5.42. The highest BCUT2D eigenvalue weighted by molar-refractivity contribution is 6.30. The zero-order valence-electron chi connectivity index (χ0n) is 8.30. The van der Waals surface area contributed by atoms with Gasteiger partial charge in [0.05, 0.1) is 11.6 Å². The topological polar surface area (TPSA) is 21.3 Å². The van der Waals surface area contributed by atoms with Crippen molar-refractivity contribution in [3.63, 3.8) is 0 Å². The number of hydrogen-bond donors (Lipinski definition) is 1. The first kappa shape index (κ1) is 10.7. The molecule has 0 saturated carbocycles. The molecule has 0 unspecified atom stereocenters. The van der Waals surface area contributed by atoms with Gasteiger partial charge in [-0.25, -0.2) is 4.39 Å². The number of halogens is 2. The van der Waals surface area contributed by atoms with Gasteiger partial charge in [-0.3, -0.25) is 0 Å². The van der Waals surface area contributed by atoms with E-state index < -0.39 is 5.82 Å². The molecule has 2 nitrogen and oxygen atoms in total. The van der Waals surface area contributed by atoms with E-state index in [1.165, 1.54) is 12.1 Å². The Bertz CT molecular complexity index is 341. The Kier molecular flexibility index (Phi) is 3.44. The molecule has 1 saturated heterocycles. The molecule has 2 rings (SSSR count). The zero-order valence-corrected chi connectivity index (χ0v) is 9.06. The second-order valence-corrected chi connectivity index (χ2v) is 4.14. The normalized spacial score (nSPS) is 16.1. The van der Waals surface area contributed by atoms with Crippen molar-refractivity contribution in [1.29, 1.82) is 0 Å². The molecule has 0 aromatic heterocycles. The van der Waals surface area contributed by atoms with Crippen molar-refractivity contribution >= 4 is 11.6 Å². The standard InChI is InChI=1S/C11H13ClFNO/c12-10-2-1-9(5-11(10)13)15-4-3-8-6-14-7-8/h1-2,5,8,14H,3-4,6-7H2. The van der Waals surface area contributed by atoms with E-state index in [0.717, 1.165) is 19.5 Å². The van der Waals surface area contributed by atoms with Gasteiger partial charge in [-0.05, 0) is 37.6 Å². The third kappa shape index (κ3) is 2.83. The van der Waals surface area contributed by atoms with Crippen LogP contribution in [0, 0.1) is 11.7 Å². The molecule has 1 aromatic carbocycles. The molecule has 1 aliphatic heterocycles. The van der Waals surface area contributed by atoms with E-state index in [9.17, 15) is 4.39 Å². The fraction of sp³-hybridized carbons (Fsp3) is 0.455. The lowest BCUT2D eigenvalue weighted by molar-refractivity contribution is 0.238. The number of hydrogen-bond acceptors (Lipinski definition) is 2. The molecule has 0 bridgehead atoms. The minimum absolute atomic E-state index is 0.130. The molecule has 82 valence electrons. The van der Waals surface area contributed by atoms with Gasteiger partial charge in [-0.1, -0.05) is 11.6 Å². The van der Waals surface area contributed by atoms with Crippen LogP contribution in [0.25, 0.3) is 0 Å². The average molecular weight is 230 g/mol. The summed E-state index contributed by atoms with van der Waals surface area (Å²) in [5.41, 5.74) is 0. The lowest BCUT2D eigenvalue weighted by atomic mass is 10.0. The maximum atomic E-state index is 13.0. The van der Waals surface area contributed by atoms with Crippen LogP contribution in [-0.2, 0) is 0 Å². The Morgan fingerprint density at radius 2 is 2.27 bits per heavy atom. The van der Waals surface area contributed by atoms with Crippen LogP contribution in [0.4, 0.5) is 4.39 Å². The van der Waals surface area contributed by atoms with Gasteiger partial charge in [0, 0.05) is 6.07 Å². The van der Waals surface area contributed by atoms with E-state index in [0.29, 0.717) is 18.3 Å². The minimum atomic E-state index is -0.431. The predicted octanol–water partition coefficient (Wildman–Crippen LogP) is 2.47. The Labute approximate surface area is 93.4 Å². The summed E-state index contributed by atoms with van der Waals surface area (Å²) in [5.74, 6) is 0.825. The molecule has 1 N–H and O–H groups in total. The van der Waals surface area contributed by atoms with E-state index in [1.54, 1.807) is 6.07 Å². The fourth-order valence-electron chi connectivity index (χ4n) is 1.46. The van der Waals surface area contributed by atoms with E-state index in [-0.39, 0.29) is 5.02 Å². The molecule has 15 heavy (non-hydrogen) atoms. The number of nitrogens with one attached hydrogen (secondary N) is 1. The van der Waals surface area contributed by atoms with Gasteiger partial charge < -0.3 is 10.1 Å². The highest BCUT2D eigenvalue weighted by Gasteiger charge is 2.16. The highest BCUT2D eigenvalue weighted by Crippen LogP contribution is 2.20. The van der Waals surface area contributed by atoms with E-state index in [1.807, 2.05) is 0 Å². The molecule has 0 amide bonds. The minimum Gasteiger partial charge on any atom is -0.493 e. The largest absolute Gasteiger partial charge is 0.493 e. The average Bonchev–Trinajstić information content (AvgIpc) is 2.15. The van der Waals surface area contributed by atoms with Crippen LogP contribution in [0.1, 0.15) is 6.42 Å². The van der Waals surface area contributed by atoms with Crippen molar-refractivity contribution < 1.29 is 9.13 Å². The van der Waals surface area contributed by atoms with Gasteiger partial charge >= 0.3 is 0 Å². The van der Waals surface area contributed by atoms with Gasteiger partial charge in [-0.15, -0.1) is 0 Å². The van der Waals surface area contributed by atoms with Gasteiger partial charge in [0.1, 0.15) is 11.6 Å². The van der Waals surface area contributed by atoms with Crippen LogP contribution in [0.2, 0.25) is 5.02 Å². The van der Waals surface area contributed by atoms with Crippen LogP contribution in [0.3, 0.4) is 0 Å². The first-order valence-electron chi connectivity index (χ1n) is 5.04. The van der Waals surface area contributed by atoms with E-state index in [2.05, 4.69) is 5.32 Å². The summed E-state index contributed by atoms with van der Waals surface area (Å²) < 4.78 is 18.4. The first-order chi connectivity index (χ1) is 7.25. The van der Waals surface area contributed by atoms with Crippen LogP contribution in [0.5, 0.6) is 5.75 Å². The maximum Gasteiger partial charge on any atom is 0.145 e. The van der Waals surface area contributed by atoms with Crippen LogP contribution < -0.4 is 10.1 Å². The Morgan fingerprint density at radius 1 is 1.47 bits per heavy atom. The molecular weight excluding hydrogens is 217 g/mol. The van der Waals surface area contributed by atoms with Crippen LogP contribution >= 0.6 is 11.6 Å². The number of ether oxygens (including phenoxy) is 1. The Hall–Kier alpha value is -0.800. The van der Waals surface area contributed by atoms with Crippen molar-refractivity contribution in [2.24, 2.45) is 5.92 Å². The molecule has 1 aliphatic rings. The molecule has 1 fully saturated rings. The molecular formula is C11H13ClFNO. The Balaban J connectivity index is 1.79. The summed E-state index contributed by atoms with van der Waals surface area (Å²) in [4.78, 5) is 0. The van der Waals surface area contributed by atoms with Gasteiger partial charge in [0.2, 0.25) is 0 Å². The summed E-state index contributed by atoms with van der Waals surface area (Å²) in [6.45, 7) is 2.77. The molecule has 1 aromatic rings. The predicted molar refractivity (Wildman–Crippen MR) is 57.9 cm³/mol. The summed E-state index contributed by atoms with van der Waals surface area (Å²) >= 11 is 5.56. The van der Waals surface area contributed by atoms with Gasteiger partial charge in [0.15, 0.2) is 0 Å². The lowest BCUT2D eigenvalue weighted by Crippen LogP contribution is -2.42. The zero-order chi connectivity index (χ0) is 10.7. The van der Waals surface area contributed by atoms with Crippen molar-refractivity contribution in [1.82, 2.24) is 5.32 Å². The molecule has 0 aliphatic carbocycles. The molecule has 4 heteroatoms. The van der Waals surface area contributed by atoms with Gasteiger partial charge in [0.25, 0.3) is 0 Å². The third-order valence-corrected chi connectivity index (χ3v) is 2.86. The SMILES string of the molecule is Fc1cc(OCCC2CNC2)ccc1Cl. The smallest absolute Gasteiger partial charge is 0.145 e. The van der Waals surface area contributed by atoms with Crippen molar-refractivity contribution in [2.75, 3.05) is 19.7 Å². The number of benzene rings is 1. The molecule has 1 heterocycles. The highest BCUT2D eigenvalue weighted by atomic mass is 35.5. The summed E-state index contributed by atoms with van der Waals surface area (Å²) in [5, 5.41) is 3.32. The van der Waals surface area contributed by atoms with Crippen LogP contribution in [0.15, 0.2) is 18.2 Å². The monoisotopic (exact) mass is 229 g/mol. The molecule has 0 spiro atoms. The van der Waals surface area contributed by atoms with Crippen molar-refractivity contribution in [3.8, 4) is 5.75 Å². The molecule has 0 radical (unpaired) electrons. The number of rotatable bonds is 4. The van der Waals surface area contributed by atoms with Crippen LogP contribution in [-0.4, -0.2) is 19.7 Å². The van der Waals surface area contributed by atoms with Crippen molar-refractivity contribution in [2.45, 2.75) is 6.42 Å².